The predicted molar refractivity (Wildman–Crippen MR) is 87.5 cm³/mol. The van der Waals surface area contributed by atoms with Crippen LogP contribution in [-0.2, 0) is 11.2 Å². The topological polar surface area (TPSA) is 92.5 Å². The highest BCUT2D eigenvalue weighted by Gasteiger charge is 2.28. The molecule has 0 spiro atoms. The molecule has 1 fully saturated rings. The maximum Gasteiger partial charge on any atom is 0.270 e. The fraction of sp³-hybridized carbons (Fsp3) is 0.562. The minimum atomic E-state index is -0.828. The third-order valence-electron chi connectivity index (χ3n) is 4.25. The van der Waals surface area contributed by atoms with Gasteiger partial charge in [-0.15, -0.1) is 0 Å². The van der Waals surface area contributed by atoms with Gasteiger partial charge in [0, 0.05) is 18.7 Å². The Morgan fingerprint density at radius 1 is 1.30 bits per heavy atom. The summed E-state index contributed by atoms with van der Waals surface area (Å²) >= 11 is 5.98. The molecule has 0 aliphatic heterocycles. The standard InChI is InChI=1S/C16H21ClN2O4/c17-14-10-13(19(22)23)6-5-12(14)9-15(20)18-11-16(21)7-3-1-2-4-8-16/h5-6,10,21H,1-4,7-9,11H2,(H,18,20). The third kappa shape index (κ3) is 5.18. The molecule has 1 aliphatic rings. The number of nitrogens with one attached hydrogen (secondary N) is 1. The summed E-state index contributed by atoms with van der Waals surface area (Å²) in [6, 6.07) is 4.05. The summed E-state index contributed by atoms with van der Waals surface area (Å²) in [4.78, 5) is 22.2. The average molecular weight is 341 g/mol. The van der Waals surface area contributed by atoms with Gasteiger partial charge in [0.25, 0.3) is 5.69 Å². The largest absolute Gasteiger partial charge is 0.388 e. The molecule has 2 N–H and O–H groups in total. The van der Waals surface area contributed by atoms with Crippen molar-refractivity contribution in [2.24, 2.45) is 0 Å². The second-order valence-corrected chi connectivity index (χ2v) is 6.53. The SMILES string of the molecule is O=C(Cc1ccc([N+](=O)[O-])cc1Cl)NCC1(O)CCCCCC1. The number of halogens is 1. The van der Waals surface area contributed by atoms with E-state index < -0.39 is 10.5 Å². The molecule has 1 aromatic rings. The maximum absolute atomic E-state index is 12.0. The molecule has 0 atom stereocenters. The molecular weight excluding hydrogens is 320 g/mol. The Labute approximate surface area is 140 Å². The van der Waals surface area contributed by atoms with Gasteiger partial charge in [0.1, 0.15) is 0 Å². The average Bonchev–Trinajstić information content (AvgIpc) is 2.72. The van der Waals surface area contributed by atoms with Crippen molar-refractivity contribution in [2.75, 3.05) is 6.54 Å². The number of hydrogen-bond donors (Lipinski definition) is 2. The van der Waals surface area contributed by atoms with Crippen LogP contribution in [0.25, 0.3) is 0 Å². The van der Waals surface area contributed by atoms with Crippen molar-refractivity contribution in [3.05, 3.63) is 38.9 Å². The van der Waals surface area contributed by atoms with Gasteiger partial charge >= 0.3 is 0 Å². The molecule has 0 aromatic heterocycles. The van der Waals surface area contributed by atoms with Crippen LogP contribution < -0.4 is 5.32 Å². The number of non-ortho nitro benzene ring substituents is 1. The summed E-state index contributed by atoms with van der Waals surface area (Å²) in [5.41, 5.74) is -0.402. The Bertz CT molecular complexity index is 583. The summed E-state index contributed by atoms with van der Waals surface area (Å²) in [5, 5.41) is 24.1. The molecule has 1 aliphatic carbocycles. The van der Waals surface area contributed by atoms with Gasteiger partial charge in [0.2, 0.25) is 5.91 Å². The highest BCUT2D eigenvalue weighted by Crippen LogP contribution is 2.26. The molecule has 1 aromatic carbocycles. The molecule has 1 amide bonds. The second-order valence-electron chi connectivity index (χ2n) is 6.12. The molecule has 0 unspecified atom stereocenters. The van der Waals surface area contributed by atoms with Gasteiger partial charge in [-0.3, -0.25) is 14.9 Å². The van der Waals surface area contributed by atoms with E-state index >= 15 is 0 Å². The van der Waals surface area contributed by atoms with E-state index in [2.05, 4.69) is 5.32 Å². The third-order valence-corrected chi connectivity index (χ3v) is 4.60. The van der Waals surface area contributed by atoms with Gasteiger partial charge in [-0.2, -0.15) is 0 Å². The minimum Gasteiger partial charge on any atom is -0.388 e. The van der Waals surface area contributed by atoms with Crippen molar-refractivity contribution >= 4 is 23.2 Å². The van der Waals surface area contributed by atoms with Gasteiger partial charge in [-0.25, -0.2) is 0 Å². The lowest BCUT2D eigenvalue weighted by molar-refractivity contribution is -0.384. The smallest absolute Gasteiger partial charge is 0.270 e. The van der Waals surface area contributed by atoms with Crippen molar-refractivity contribution in [3.63, 3.8) is 0 Å². The van der Waals surface area contributed by atoms with E-state index in [0.29, 0.717) is 18.4 Å². The Morgan fingerprint density at radius 3 is 2.52 bits per heavy atom. The van der Waals surface area contributed by atoms with Crippen LogP contribution >= 0.6 is 11.6 Å². The zero-order chi connectivity index (χ0) is 16.9. The van der Waals surface area contributed by atoms with Crippen LogP contribution in [0, 0.1) is 10.1 Å². The van der Waals surface area contributed by atoms with Crippen molar-refractivity contribution < 1.29 is 14.8 Å². The molecule has 2 rings (SSSR count). The van der Waals surface area contributed by atoms with Crippen LogP contribution in [0.15, 0.2) is 18.2 Å². The number of amides is 1. The van der Waals surface area contributed by atoms with Crippen molar-refractivity contribution in [1.82, 2.24) is 5.32 Å². The number of aliphatic hydroxyl groups is 1. The van der Waals surface area contributed by atoms with Gasteiger partial charge in [-0.1, -0.05) is 43.4 Å². The number of benzene rings is 1. The number of rotatable bonds is 5. The quantitative estimate of drug-likeness (QED) is 0.489. The maximum atomic E-state index is 12.0. The van der Waals surface area contributed by atoms with Crippen LogP contribution in [0.5, 0.6) is 0 Å². The highest BCUT2D eigenvalue weighted by atomic mass is 35.5. The van der Waals surface area contributed by atoms with E-state index in [9.17, 15) is 20.0 Å². The normalized spacial score (nSPS) is 17.3. The zero-order valence-electron chi connectivity index (χ0n) is 12.9. The molecule has 7 heteroatoms. The fourth-order valence-corrected chi connectivity index (χ4v) is 3.10. The molecule has 0 saturated heterocycles. The monoisotopic (exact) mass is 340 g/mol. The van der Waals surface area contributed by atoms with E-state index in [1.807, 2.05) is 0 Å². The summed E-state index contributed by atoms with van der Waals surface area (Å²) in [6.45, 7) is 0.233. The van der Waals surface area contributed by atoms with E-state index in [1.54, 1.807) is 0 Å². The summed E-state index contributed by atoms with van der Waals surface area (Å²) in [6.07, 6.45) is 5.62. The first kappa shape index (κ1) is 17.7. The predicted octanol–water partition coefficient (Wildman–Crippen LogP) is 2.99. The number of carbonyl (C=O) groups is 1. The lowest BCUT2D eigenvalue weighted by atomic mass is 9.94. The lowest BCUT2D eigenvalue weighted by Gasteiger charge is -2.26. The van der Waals surface area contributed by atoms with Gasteiger partial charge < -0.3 is 10.4 Å². The molecule has 0 heterocycles. The molecule has 6 nitrogen and oxygen atoms in total. The van der Waals surface area contributed by atoms with Crippen LogP contribution in [0.4, 0.5) is 5.69 Å². The van der Waals surface area contributed by atoms with Crippen molar-refractivity contribution in [1.29, 1.82) is 0 Å². The molecule has 0 bridgehead atoms. The first-order valence-electron chi connectivity index (χ1n) is 7.81. The van der Waals surface area contributed by atoms with Crippen LogP contribution in [0.1, 0.15) is 44.1 Å². The fourth-order valence-electron chi connectivity index (χ4n) is 2.86. The van der Waals surface area contributed by atoms with Crippen LogP contribution in [-0.4, -0.2) is 28.1 Å². The van der Waals surface area contributed by atoms with E-state index in [4.69, 9.17) is 11.6 Å². The zero-order valence-corrected chi connectivity index (χ0v) is 13.6. The van der Waals surface area contributed by atoms with E-state index in [-0.39, 0.29) is 29.6 Å². The molecule has 126 valence electrons. The Balaban J connectivity index is 1.90. The first-order chi connectivity index (χ1) is 10.9. The van der Waals surface area contributed by atoms with Crippen molar-refractivity contribution in [2.45, 2.75) is 50.5 Å². The molecule has 23 heavy (non-hydrogen) atoms. The summed E-state index contributed by atoms with van der Waals surface area (Å²) < 4.78 is 0. The summed E-state index contributed by atoms with van der Waals surface area (Å²) in [5.74, 6) is -0.251. The van der Waals surface area contributed by atoms with Gasteiger partial charge in [0.05, 0.1) is 22.0 Å². The highest BCUT2D eigenvalue weighted by molar-refractivity contribution is 6.31. The Hall–Kier alpha value is -1.66. The van der Waals surface area contributed by atoms with Crippen LogP contribution in [0.3, 0.4) is 0 Å². The number of hydrogen-bond acceptors (Lipinski definition) is 4. The number of nitro benzene ring substituents is 1. The first-order valence-corrected chi connectivity index (χ1v) is 8.19. The van der Waals surface area contributed by atoms with E-state index in [1.165, 1.54) is 18.2 Å². The van der Waals surface area contributed by atoms with Gasteiger partial charge in [-0.05, 0) is 18.4 Å². The summed E-state index contributed by atoms with van der Waals surface area (Å²) in [7, 11) is 0. The lowest BCUT2D eigenvalue weighted by Crippen LogP contribution is -2.43. The molecule has 0 radical (unpaired) electrons. The number of nitro groups is 1. The second kappa shape index (κ2) is 7.75. The van der Waals surface area contributed by atoms with E-state index in [0.717, 1.165) is 25.7 Å². The van der Waals surface area contributed by atoms with Crippen LogP contribution in [0.2, 0.25) is 5.02 Å². The molecular formula is C16H21ClN2O4. The molecule has 1 saturated carbocycles. The minimum absolute atomic E-state index is 0.0346. The van der Waals surface area contributed by atoms with Gasteiger partial charge in [0.15, 0.2) is 0 Å². The number of nitrogens with zero attached hydrogens (tertiary/aromatic N) is 1. The Morgan fingerprint density at radius 2 is 1.96 bits per heavy atom. The Kier molecular flexibility index (Phi) is 5.96. The number of carbonyl (C=O) groups excluding carboxylic acids is 1. The van der Waals surface area contributed by atoms with Crippen molar-refractivity contribution in [3.8, 4) is 0 Å².